The van der Waals surface area contributed by atoms with Gasteiger partial charge in [0.25, 0.3) is 5.91 Å². The fourth-order valence-corrected chi connectivity index (χ4v) is 2.30. The number of benzene rings is 1. The lowest BCUT2D eigenvalue weighted by Gasteiger charge is -2.32. The van der Waals surface area contributed by atoms with Crippen LogP contribution in [0, 0.1) is 6.92 Å². The average molecular weight is 320 g/mol. The Morgan fingerprint density at radius 1 is 1.13 bits per heavy atom. The molecule has 2 amide bonds. The monoisotopic (exact) mass is 320 g/mol. The molecule has 0 saturated heterocycles. The molecule has 1 N–H and O–H groups in total. The van der Waals surface area contributed by atoms with Crippen molar-refractivity contribution in [1.82, 2.24) is 10.2 Å². The van der Waals surface area contributed by atoms with Gasteiger partial charge in [0.15, 0.2) is 0 Å². The zero-order valence-corrected chi connectivity index (χ0v) is 15.2. The fourth-order valence-electron chi connectivity index (χ4n) is 2.30. The summed E-state index contributed by atoms with van der Waals surface area (Å²) in [6.45, 7) is 11.4. The van der Waals surface area contributed by atoms with Gasteiger partial charge in [-0.05, 0) is 53.2 Å². The molecule has 0 unspecified atom stereocenters. The lowest BCUT2D eigenvalue weighted by Crippen LogP contribution is -2.52. The van der Waals surface area contributed by atoms with Gasteiger partial charge < -0.3 is 15.0 Å². The van der Waals surface area contributed by atoms with Gasteiger partial charge in [-0.15, -0.1) is 0 Å². The lowest BCUT2D eigenvalue weighted by atomic mass is 10.0. The maximum Gasteiger partial charge on any atom is 0.408 e. The number of ether oxygens (including phenoxy) is 1. The van der Waals surface area contributed by atoms with E-state index in [1.807, 2.05) is 65.8 Å². The molecule has 5 heteroatoms. The summed E-state index contributed by atoms with van der Waals surface area (Å²) in [7, 11) is 1.73. The molecule has 0 bridgehead atoms. The van der Waals surface area contributed by atoms with Crippen molar-refractivity contribution < 1.29 is 14.3 Å². The Kier molecular flexibility index (Phi) is 5.81. The highest BCUT2D eigenvalue weighted by atomic mass is 16.6. The number of aryl methyl sites for hydroxylation is 1. The van der Waals surface area contributed by atoms with Crippen molar-refractivity contribution in [2.45, 2.75) is 52.7 Å². The Bertz CT molecular complexity index is 574. The number of nitrogens with zero attached hydrogens (tertiary/aromatic N) is 1. The molecule has 0 aliphatic carbocycles. The Labute approximate surface area is 139 Å². The van der Waals surface area contributed by atoms with E-state index >= 15 is 0 Å². The lowest BCUT2D eigenvalue weighted by molar-refractivity contribution is 0.0441. The quantitative estimate of drug-likeness (QED) is 0.925. The third-order valence-corrected chi connectivity index (χ3v) is 3.19. The number of hydrogen-bond acceptors (Lipinski definition) is 3. The summed E-state index contributed by atoms with van der Waals surface area (Å²) in [4.78, 5) is 26.1. The Morgan fingerprint density at radius 3 is 2.22 bits per heavy atom. The van der Waals surface area contributed by atoms with Gasteiger partial charge in [-0.2, -0.15) is 0 Å². The van der Waals surface area contributed by atoms with E-state index in [0.717, 1.165) is 5.56 Å². The molecule has 128 valence electrons. The van der Waals surface area contributed by atoms with E-state index < -0.39 is 17.2 Å². The third-order valence-electron chi connectivity index (χ3n) is 3.19. The Morgan fingerprint density at radius 2 is 1.70 bits per heavy atom. The molecule has 0 aromatic heterocycles. The summed E-state index contributed by atoms with van der Waals surface area (Å²) in [6, 6.07) is 7.46. The average Bonchev–Trinajstić information content (AvgIpc) is 2.34. The molecule has 23 heavy (non-hydrogen) atoms. The molecule has 0 atom stereocenters. The van der Waals surface area contributed by atoms with E-state index in [4.69, 9.17) is 4.74 Å². The highest BCUT2D eigenvalue weighted by Gasteiger charge is 2.27. The van der Waals surface area contributed by atoms with Gasteiger partial charge in [-0.1, -0.05) is 18.2 Å². The van der Waals surface area contributed by atoms with Gasteiger partial charge in [0.1, 0.15) is 5.60 Å². The molecular weight excluding hydrogens is 292 g/mol. The molecule has 5 nitrogen and oxygen atoms in total. The number of nitrogens with one attached hydrogen (secondary N) is 1. The molecule has 0 aliphatic rings. The van der Waals surface area contributed by atoms with Crippen LogP contribution < -0.4 is 5.32 Å². The van der Waals surface area contributed by atoms with E-state index in [-0.39, 0.29) is 5.91 Å². The number of carbonyl (C=O) groups is 2. The summed E-state index contributed by atoms with van der Waals surface area (Å²) in [5.41, 5.74) is 0.448. The predicted octanol–water partition coefficient (Wildman–Crippen LogP) is 3.37. The van der Waals surface area contributed by atoms with E-state index in [2.05, 4.69) is 5.32 Å². The molecular formula is C18H28N2O3. The minimum absolute atomic E-state index is 0.0674. The topological polar surface area (TPSA) is 58.6 Å². The molecule has 1 aromatic rings. The number of rotatable bonds is 4. The molecule has 0 saturated carbocycles. The molecule has 0 radical (unpaired) electrons. The number of alkyl carbamates (subject to hydrolysis) is 1. The minimum Gasteiger partial charge on any atom is -0.444 e. The van der Waals surface area contributed by atoms with Gasteiger partial charge in [0, 0.05) is 19.2 Å². The van der Waals surface area contributed by atoms with Gasteiger partial charge in [-0.3, -0.25) is 4.79 Å². The van der Waals surface area contributed by atoms with E-state index in [1.165, 1.54) is 0 Å². The van der Waals surface area contributed by atoms with Crippen LogP contribution in [0.4, 0.5) is 4.79 Å². The number of carbonyl (C=O) groups excluding carboxylic acids is 2. The van der Waals surface area contributed by atoms with Crippen molar-refractivity contribution in [3.63, 3.8) is 0 Å². The molecule has 1 rings (SSSR count). The fraction of sp³-hybridized carbons (Fsp3) is 0.556. The molecule has 1 aromatic carbocycles. The molecule has 0 fully saturated rings. The van der Waals surface area contributed by atoms with E-state index in [0.29, 0.717) is 12.1 Å². The van der Waals surface area contributed by atoms with Crippen LogP contribution in [0.5, 0.6) is 0 Å². The zero-order valence-electron chi connectivity index (χ0n) is 15.2. The van der Waals surface area contributed by atoms with Crippen LogP contribution in [0.1, 0.15) is 50.5 Å². The molecule has 0 aliphatic heterocycles. The van der Waals surface area contributed by atoms with Crippen LogP contribution in [0.15, 0.2) is 24.3 Å². The van der Waals surface area contributed by atoms with Crippen LogP contribution >= 0.6 is 0 Å². The SMILES string of the molecule is Cc1ccccc1C(=O)N(C)CC(C)(C)NC(=O)OC(C)(C)C. The van der Waals surface area contributed by atoms with Gasteiger partial charge in [0.05, 0.1) is 5.54 Å². The van der Waals surface area contributed by atoms with Crippen molar-refractivity contribution in [2.75, 3.05) is 13.6 Å². The van der Waals surface area contributed by atoms with Crippen LogP contribution in [0.2, 0.25) is 0 Å². The van der Waals surface area contributed by atoms with Crippen molar-refractivity contribution in [3.8, 4) is 0 Å². The number of amides is 2. The smallest absolute Gasteiger partial charge is 0.408 e. The van der Waals surface area contributed by atoms with Crippen molar-refractivity contribution in [1.29, 1.82) is 0 Å². The normalized spacial score (nSPS) is 11.8. The first kappa shape index (κ1) is 19.0. The second-order valence-corrected chi connectivity index (χ2v) is 7.49. The minimum atomic E-state index is -0.602. The van der Waals surface area contributed by atoms with E-state index in [1.54, 1.807) is 11.9 Å². The van der Waals surface area contributed by atoms with Crippen LogP contribution in [0.25, 0.3) is 0 Å². The molecule has 0 heterocycles. The molecule has 0 spiro atoms. The standard InChI is InChI=1S/C18H28N2O3/c1-13-10-8-9-11-14(13)15(21)20(7)12-18(5,6)19-16(22)23-17(2,3)4/h8-11H,12H2,1-7H3,(H,19,22). The van der Waals surface area contributed by atoms with E-state index in [9.17, 15) is 9.59 Å². The first-order chi connectivity index (χ1) is 10.4. The second kappa shape index (κ2) is 7.02. The van der Waals surface area contributed by atoms with Crippen molar-refractivity contribution >= 4 is 12.0 Å². The van der Waals surface area contributed by atoms with Gasteiger partial charge in [0.2, 0.25) is 0 Å². The number of hydrogen-bond donors (Lipinski definition) is 1. The summed E-state index contributed by atoms with van der Waals surface area (Å²) >= 11 is 0. The largest absolute Gasteiger partial charge is 0.444 e. The van der Waals surface area contributed by atoms with Crippen LogP contribution in [-0.2, 0) is 4.74 Å². The van der Waals surface area contributed by atoms with Gasteiger partial charge >= 0.3 is 6.09 Å². The van der Waals surface area contributed by atoms with Crippen molar-refractivity contribution in [2.24, 2.45) is 0 Å². The highest BCUT2D eigenvalue weighted by Crippen LogP contribution is 2.14. The summed E-state index contributed by atoms with van der Waals surface area (Å²) in [5, 5.41) is 2.81. The van der Waals surface area contributed by atoms with Gasteiger partial charge in [-0.25, -0.2) is 4.79 Å². The maximum absolute atomic E-state index is 12.5. The first-order valence-electron chi connectivity index (χ1n) is 7.73. The zero-order chi connectivity index (χ0) is 17.8. The first-order valence-corrected chi connectivity index (χ1v) is 7.73. The second-order valence-electron chi connectivity index (χ2n) is 7.49. The predicted molar refractivity (Wildman–Crippen MR) is 91.6 cm³/mol. The van der Waals surface area contributed by atoms with Crippen LogP contribution in [-0.4, -0.2) is 41.6 Å². The third kappa shape index (κ3) is 6.30. The Balaban J connectivity index is 2.71. The van der Waals surface area contributed by atoms with Crippen LogP contribution in [0.3, 0.4) is 0 Å². The van der Waals surface area contributed by atoms with Crippen molar-refractivity contribution in [3.05, 3.63) is 35.4 Å². The highest BCUT2D eigenvalue weighted by molar-refractivity contribution is 5.95. The number of likely N-dealkylation sites (N-methyl/N-ethyl adjacent to an activating group) is 1. The Hall–Kier alpha value is -2.04. The summed E-state index contributed by atoms with van der Waals surface area (Å²) in [6.07, 6.45) is -0.487. The summed E-state index contributed by atoms with van der Waals surface area (Å²) < 4.78 is 5.27. The maximum atomic E-state index is 12.5. The summed E-state index contributed by atoms with van der Waals surface area (Å²) in [5.74, 6) is -0.0674.